The normalized spacial score (nSPS) is 16.0. The van der Waals surface area contributed by atoms with E-state index >= 15 is 0 Å². The van der Waals surface area contributed by atoms with Crippen molar-refractivity contribution in [3.63, 3.8) is 0 Å². The second-order valence-corrected chi connectivity index (χ2v) is 6.59. The van der Waals surface area contributed by atoms with Gasteiger partial charge in [-0.3, -0.25) is 4.79 Å². The number of aryl methyl sites for hydroxylation is 1. The predicted molar refractivity (Wildman–Crippen MR) is 92.3 cm³/mol. The summed E-state index contributed by atoms with van der Waals surface area (Å²) in [4.78, 5) is 16.7. The van der Waals surface area contributed by atoms with E-state index in [1.807, 2.05) is 20.8 Å². The molecule has 0 radical (unpaired) electrons. The van der Waals surface area contributed by atoms with Crippen molar-refractivity contribution in [2.45, 2.75) is 59.5 Å². The Bertz CT molecular complexity index is 706. The maximum atomic E-state index is 12.6. The third-order valence-electron chi connectivity index (χ3n) is 4.00. The van der Waals surface area contributed by atoms with Gasteiger partial charge < -0.3 is 15.1 Å². The molecule has 0 unspecified atom stereocenters. The molecule has 0 spiro atoms. The number of nitrogens with zero attached hydrogens (tertiary/aromatic N) is 3. The lowest BCUT2D eigenvalue weighted by Crippen LogP contribution is -2.30. The predicted octanol–water partition coefficient (Wildman–Crippen LogP) is 2.40. The molecule has 1 aromatic rings. The van der Waals surface area contributed by atoms with Crippen LogP contribution in [0.2, 0.25) is 0 Å². The van der Waals surface area contributed by atoms with E-state index in [0.29, 0.717) is 23.2 Å². The number of aliphatic imine (C=N–C) groups is 1. The first-order valence-corrected chi connectivity index (χ1v) is 7.96. The first kappa shape index (κ1) is 17.9. The van der Waals surface area contributed by atoms with E-state index in [4.69, 9.17) is 4.42 Å². The maximum absolute atomic E-state index is 12.6. The number of hydrogen-bond donors (Lipinski definition) is 2. The third kappa shape index (κ3) is 4.31. The van der Waals surface area contributed by atoms with Crippen molar-refractivity contribution in [3.8, 4) is 0 Å². The van der Waals surface area contributed by atoms with E-state index in [9.17, 15) is 4.79 Å². The monoisotopic (exact) mass is 331 g/mol. The molecule has 0 saturated heterocycles. The molecular formula is C17H25N5O2. The van der Waals surface area contributed by atoms with E-state index in [1.165, 1.54) is 0 Å². The number of nitrogens with one attached hydrogen (secondary N) is 2. The van der Waals surface area contributed by atoms with Gasteiger partial charge in [0, 0.05) is 23.6 Å². The molecule has 0 aromatic carbocycles. The first-order chi connectivity index (χ1) is 11.3. The zero-order valence-corrected chi connectivity index (χ0v) is 15.0. The standard InChI is InChI=1S/C17H25N5O2/c1-10(2)14(11(3)15(18-6)20-17(5)7-8-17)16(23)19-9-13-22-21-12(4)24-13/h20H,6-9H2,1-5H3,(H,19,23)/b15-11-. The summed E-state index contributed by atoms with van der Waals surface area (Å²) in [5.74, 6) is 1.29. The largest absolute Gasteiger partial charge is 0.424 e. The number of carbonyl (C=O) groups is 1. The van der Waals surface area contributed by atoms with Gasteiger partial charge in [-0.2, -0.15) is 0 Å². The molecule has 1 saturated carbocycles. The van der Waals surface area contributed by atoms with Crippen LogP contribution in [0.15, 0.2) is 31.9 Å². The van der Waals surface area contributed by atoms with Crippen LogP contribution in [-0.2, 0) is 11.3 Å². The zero-order chi connectivity index (χ0) is 17.9. The van der Waals surface area contributed by atoms with E-state index in [2.05, 4.69) is 39.5 Å². The highest BCUT2D eigenvalue weighted by atomic mass is 16.4. The van der Waals surface area contributed by atoms with Crippen LogP contribution in [-0.4, -0.2) is 28.4 Å². The summed E-state index contributed by atoms with van der Waals surface area (Å²) < 4.78 is 5.27. The minimum atomic E-state index is -0.202. The number of hydrogen-bond acceptors (Lipinski definition) is 6. The van der Waals surface area contributed by atoms with Gasteiger partial charge in [0.1, 0.15) is 5.82 Å². The molecule has 1 aromatic heterocycles. The van der Waals surface area contributed by atoms with Crippen molar-refractivity contribution in [2.75, 3.05) is 0 Å². The quantitative estimate of drug-likeness (QED) is 0.455. The van der Waals surface area contributed by atoms with Gasteiger partial charge in [-0.15, -0.1) is 10.2 Å². The van der Waals surface area contributed by atoms with Crippen LogP contribution in [0.4, 0.5) is 0 Å². The molecule has 0 bridgehead atoms. The number of rotatable bonds is 7. The molecule has 130 valence electrons. The number of amides is 1. The van der Waals surface area contributed by atoms with Gasteiger partial charge in [-0.05, 0) is 47.3 Å². The minimum Gasteiger partial charge on any atom is -0.424 e. The average Bonchev–Trinajstić information content (AvgIpc) is 3.09. The van der Waals surface area contributed by atoms with Crippen LogP contribution in [0.3, 0.4) is 0 Å². The fourth-order valence-corrected chi connectivity index (χ4v) is 2.39. The number of carbonyl (C=O) groups excluding carboxylic acids is 1. The van der Waals surface area contributed by atoms with Gasteiger partial charge in [-0.1, -0.05) is 5.57 Å². The van der Waals surface area contributed by atoms with Gasteiger partial charge in [0.2, 0.25) is 11.8 Å². The average molecular weight is 331 g/mol. The van der Waals surface area contributed by atoms with E-state index in [-0.39, 0.29) is 18.0 Å². The topological polar surface area (TPSA) is 92.4 Å². The SMILES string of the molecule is C=N/C(NC1(C)CC1)=C(\C)C(C(=O)NCc1nnc(C)o1)=C(C)C. The molecule has 7 heteroatoms. The van der Waals surface area contributed by atoms with E-state index in [0.717, 1.165) is 24.0 Å². The van der Waals surface area contributed by atoms with Crippen molar-refractivity contribution in [1.82, 2.24) is 20.8 Å². The summed E-state index contributed by atoms with van der Waals surface area (Å²) in [5.41, 5.74) is 2.32. The molecule has 1 heterocycles. The Morgan fingerprint density at radius 2 is 2.00 bits per heavy atom. The molecule has 0 atom stereocenters. The van der Waals surface area contributed by atoms with Crippen LogP contribution < -0.4 is 10.6 Å². The number of allylic oxidation sites excluding steroid dienone is 1. The molecule has 2 N–H and O–H groups in total. The lowest BCUT2D eigenvalue weighted by molar-refractivity contribution is -0.117. The second-order valence-electron chi connectivity index (χ2n) is 6.59. The fourth-order valence-electron chi connectivity index (χ4n) is 2.39. The molecule has 7 nitrogen and oxygen atoms in total. The zero-order valence-electron chi connectivity index (χ0n) is 15.0. The van der Waals surface area contributed by atoms with Crippen molar-refractivity contribution >= 4 is 12.6 Å². The molecule has 1 aliphatic carbocycles. The van der Waals surface area contributed by atoms with Crippen LogP contribution in [0, 0.1) is 6.92 Å². The smallest absolute Gasteiger partial charge is 0.252 e. The van der Waals surface area contributed by atoms with Crippen molar-refractivity contribution in [3.05, 3.63) is 34.3 Å². The Morgan fingerprint density at radius 3 is 2.46 bits per heavy atom. The highest BCUT2D eigenvalue weighted by molar-refractivity contribution is 5.98. The Morgan fingerprint density at radius 1 is 1.33 bits per heavy atom. The molecule has 1 fully saturated rings. The van der Waals surface area contributed by atoms with Crippen molar-refractivity contribution < 1.29 is 9.21 Å². The second kappa shape index (κ2) is 6.98. The molecular weight excluding hydrogens is 306 g/mol. The summed E-state index contributed by atoms with van der Waals surface area (Å²) >= 11 is 0. The van der Waals surface area contributed by atoms with Crippen LogP contribution in [0.5, 0.6) is 0 Å². The Hall–Kier alpha value is -2.44. The van der Waals surface area contributed by atoms with Gasteiger partial charge >= 0.3 is 0 Å². The molecule has 0 aliphatic heterocycles. The summed E-state index contributed by atoms with van der Waals surface area (Å²) in [6.45, 7) is 13.3. The Kier molecular flexibility index (Phi) is 5.21. The summed E-state index contributed by atoms with van der Waals surface area (Å²) in [6, 6.07) is 0. The van der Waals surface area contributed by atoms with Crippen LogP contribution in [0.25, 0.3) is 0 Å². The Balaban J connectivity index is 2.16. The van der Waals surface area contributed by atoms with Crippen LogP contribution in [0.1, 0.15) is 52.3 Å². The molecule has 1 aliphatic rings. The summed E-state index contributed by atoms with van der Waals surface area (Å²) in [5, 5.41) is 13.8. The van der Waals surface area contributed by atoms with E-state index in [1.54, 1.807) is 6.92 Å². The summed E-state index contributed by atoms with van der Waals surface area (Å²) in [6.07, 6.45) is 2.18. The van der Waals surface area contributed by atoms with Gasteiger partial charge in [0.15, 0.2) is 0 Å². The van der Waals surface area contributed by atoms with Crippen molar-refractivity contribution in [1.29, 1.82) is 0 Å². The van der Waals surface area contributed by atoms with Gasteiger partial charge in [0.05, 0.1) is 6.54 Å². The summed E-state index contributed by atoms with van der Waals surface area (Å²) in [7, 11) is 0. The number of aromatic nitrogens is 2. The first-order valence-electron chi connectivity index (χ1n) is 7.96. The van der Waals surface area contributed by atoms with Gasteiger partial charge in [0.25, 0.3) is 5.91 Å². The van der Waals surface area contributed by atoms with E-state index < -0.39 is 0 Å². The highest BCUT2D eigenvalue weighted by Gasteiger charge is 2.38. The minimum absolute atomic E-state index is 0.0578. The van der Waals surface area contributed by atoms with Gasteiger partial charge in [-0.25, -0.2) is 4.99 Å². The highest BCUT2D eigenvalue weighted by Crippen LogP contribution is 2.36. The molecule has 2 rings (SSSR count). The Labute approximate surface area is 142 Å². The van der Waals surface area contributed by atoms with Crippen LogP contribution >= 0.6 is 0 Å². The molecule has 1 amide bonds. The fraction of sp³-hybridized carbons (Fsp3) is 0.529. The lowest BCUT2D eigenvalue weighted by Gasteiger charge is -2.18. The molecule has 24 heavy (non-hydrogen) atoms. The maximum Gasteiger partial charge on any atom is 0.252 e. The van der Waals surface area contributed by atoms with Crippen molar-refractivity contribution in [2.24, 2.45) is 4.99 Å². The lowest BCUT2D eigenvalue weighted by atomic mass is 10.0. The third-order valence-corrected chi connectivity index (χ3v) is 4.00.